The molecule has 0 aromatic rings. The Hall–Kier alpha value is -0.530. The van der Waals surface area contributed by atoms with Crippen molar-refractivity contribution in [1.82, 2.24) is 0 Å². The lowest BCUT2D eigenvalue weighted by molar-refractivity contribution is -0.121. The molecule has 0 fully saturated rings. The van der Waals surface area contributed by atoms with Crippen molar-refractivity contribution in [2.45, 2.75) is 39.5 Å². The monoisotopic (exact) mass is 143 g/mol. The lowest BCUT2D eigenvalue weighted by atomic mass is 10.0. The van der Waals surface area contributed by atoms with Gasteiger partial charge < -0.3 is 5.73 Å². The number of unbranched alkanes of at least 4 members (excludes halogenated alkanes) is 2. The summed E-state index contributed by atoms with van der Waals surface area (Å²) in [7, 11) is 0. The summed E-state index contributed by atoms with van der Waals surface area (Å²) in [4.78, 5) is 10.5. The van der Waals surface area contributed by atoms with Gasteiger partial charge in [-0.1, -0.05) is 33.1 Å². The predicted octanol–water partition coefficient (Wildman–Crippen LogP) is 1.69. The van der Waals surface area contributed by atoms with Gasteiger partial charge in [-0.2, -0.15) is 0 Å². The number of hydrogen-bond acceptors (Lipinski definition) is 1. The summed E-state index contributed by atoms with van der Waals surface area (Å²) in [5.41, 5.74) is 5.08. The van der Waals surface area contributed by atoms with Crippen LogP contribution in [-0.4, -0.2) is 5.91 Å². The van der Waals surface area contributed by atoms with Gasteiger partial charge in [0.1, 0.15) is 0 Å². The SMILES string of the molecule is CCCCCC(C)C(N)=O. The first kappa shape index (κ1) is 9.47. The van der Waals surface area contributed by atoms with Crippen LogP contribution in [0.15, 0.2) is 0 Å². The lowest BCUT2D eigenvalue weighted by Gasteiger charge is -2.04. The Bertz CT molecular complexity index is 101. The van der Waals surface area contributed by atoms with Crippen LogP contribution in [0.3, 0.4) is 0 Å². The summed E-state index contributed by atoms with van der Waals surface area (Å²) in [5.74, 6) is -0.109. The van der Waals surface area contributed by atoms with Crippen molar-refractivity contribution < 1.29 is 4.79 Å². The molecule has 0 rings (SSSR count). The Balaban J connectivity index is 3.21. The van der Waals surface area contributed by atoms with Crippen molar-refractivity contribution in [3.63, 3.8) is 0 Å². The van der Waals surface area contributed by atoms with E-state index in [2.05, 4.69) is 6.92 Å². The second-order valence-electron chi connectivity index (χ2n) is 2.80. The Kier molecular flexibility index (Phi) is 4.99. The maximum atomic E-state index is 10.5. The van der Waals surface area contributed by atoms with Crippen molar-refractivity contribution in [3.05, 3.63) is 0 Å². The molecule has 0 aromatic heterocycles. The Morgan fingerprint density at radius 3 is 2.50 bits per heavy atom. The number of hydrogen-bond donors (Lipinski definition) is 1. The highest BCUT2D eigenvalue weighted by atomic mass is 16.1. The van der Waals surface area contributed by atoms with Crippen LogP contribution >= 0.6 is 0 Å². The molecule has 0 aliphatic carbocycles. The molecular weight excluding hydrogens is 126 g/mol. The van der Waals surface area contributed by atoms with Crippen LogP contribution in [0, 0.1) is 5.92 Å². The van der Waals surface area contributed by atoms with Gasteiger partial charge in [-0.15, -0.1) is 0 Å². The van der Waals surface area contributed by atoms with Crippen molar-refractivity contribution in [3.8, 4) is 0 Å². The highest BCUT2D eigenvalue weighted by Gasteiger charge is 2.06. The van der Waals surface area contributed by atoms with Gasteiger partial charge in [0.25, 0.3) is 0 Å². The number of rotatable bonds is 5. The molecule has 0 spiro atoms. The van der Waals surface area contributed by atoms with E-state index in [0.717, 1.165) is 12.8 Å². The second kappa shape index (κ2) is 5.27. The summed E-state index contributed by atoms with van der Waals surface area (Å²) >= 11 is 0. The van der Waals surface area contributed by atoms with Gasteiger partial charge in [0.05, 0.1) is 0 Å². The molecule has 2 N–H and O–H groups in total. The molecule has 0 aromatic carbocycles. The van der Waals surface area contributed by atoms with Crippen LogP contribution in [0.2, 0.25) is 0 Å². The molecule has 1 atom stereocenters. The number of carbonyl (C=O) groups excluding carboxylic acids is 1. The zero-order valence-electron chi connectivity index (χ0n) is 6.89. The molecule has 60 valence electrons. The molecule has 0 bridgehead atoms. The molecule has 10 heavy (non-hydrogen) atoms. The third kappa shape index (κ3) is 4.36. The molecule has 0 aliphatic rings. The van der Waals surface area contributed by atoms with E-state index >= 15 is 0 Å². The minimum absolute atomic E-state index is 0.0616. The first-order valence-corrected chi connectivity index (χ1v) is 3.97. The standard InChI is InChI=1S/C8H17NO/c1-3-4-5-6-7(2)8(9)10/h7H,3-6H2,1-2H3,(H2,9,10). The summed E-state index contributed by atoms with van der Waals surface area (Å²) in [6, 6.07) is 0. The van der Waals surface area contributed by atoms with Crippen LogP contribution in [-0.2, 0) is 4.79 Å². The fourth-order valence-corrected chi connectivity index (χ4v) is 0.843. The van der Waals surface area contributed by atoms with Crippen LogP contribution in [0.25, 0.3) is 0 Å². The third-order valence-corrected chi connectivity index (χ3v) is 1.73. The lowest BCUT2D eigenvalue weighted by Crippen LogP contribution is -2.20. The number of primary amides is 1. The van der Waals surface area contributed by atoms with Crippen LogP contribution < -0.4 is 5.73 Å². The minimum Gasteiger partial charge on any atom is -0.369 e. The van der Waals surface area contributed by atoms with Gasteiger partial charge in [0.15, 0.2) is 0 Å². The van der Waals surface area contributed by atoms with Gasteiger partial charge in [-0.25, -0.2) is 0 Å². The highest BCUT2D eigenvalue weighted by molar-refractivity contribution is 5.76. The van der Waals surface area contributed by atoms with E-state index in [1.807, 2.05) is 6.92 Å². The zero-order valence-corrected chi connectivity index (χ0v) is 6.89. The van der Waals surface area contributed by atoms with E-state index in [-0.39, 0.29) is 11.8 Å². The average molecular weight is 143 g/mol. The number of amides is 1. The summed E-state index contributed by atoms with van der Waals surface area (Å²) in [6.07, 6.45) is 4.48. The van der Waals surface area contributed by atoms with E-state index in [4.69, 9.17) is 5.73 Å². The highest BCUT2D eigenvalue weighted by Crippen LogP contribution is 2.07. The summed E-state index contributed by atoms with van der Waals surface area (Å²) in [5, 5.41) is 0. The van der Waals surface area contributed by atoms with Crippen molar-refractivity contribution in [2.24, 2.45) is 11.7 Å². The van der Waals surface area contributed by atoms with Gasteiger partial charge in [0, 0.05) is 5.92 Å². The number of carbonyl (C=O) groups is 1. The molecule has 0 heterocycles. The van der Waals surface area contributed by atoms with Crippen molar-refractivity contribution in [2.75, 3.05) is 0 Å². The molecular formula is C8H17NO. The maximum absolute atomic E-state index is 10.5. The fourth-order valence-electron chi connectivity index (χ4n) is 0.843. The van der Waals surface area contributed by atoms with E-state index in [1.165, 1.54) is 12.8 Å². The van der Waals surface area contributed by atoms with Gasteiger partial charge in [-0.3, -0.25) is 4.79 Å². The molecule has 2 nitrogen and oxygen atoms in total. The fraction of sp³-hybridized carbons (Fsp3) is 0.875. The van der Waals surface area contributed by atoms with Crippen LogP contribution in [0.4, 0.5) is 0 Å². The largest absolute Gasteiger partial charge is 0.369 e. The Morgan fingerprint density at radius 2 is 2.10 bits per heavy atom. The van der Waals surface area contributed by atoms with E-state index < -0.39 is 0 Å². The van der Waals surface area contributed by atoms with Crippen molar-refractivity contribution >= 4 is 5.91 Å². The van der Waals surface area contributed by atoms with Crippen molar-refractivity contribution in [1.29, 1.82) is 0 Å². The maximum Gasteiger partial charge on any atom is 0.220 e. The first-order chi connectivity index (χ1) is 4.68. The van der Waals surface area contributed by atoms with E-state index in [9.17, 15) is 4.79 Å². The average Bonchev–Trinajstić information content (AvgIpc) is 1.88. The molecule has 1 unspecified atom stereocenters. The molecule has 2 heteroatoms. The smallest absolute Gasteiger partial charge is 0.220 e. The van der Waals surface area contributed by atoms with E-state index in [0.29, 0.717) is 0 Å². The third-order valence-electron chi connectivity index (χ3n) is 1.73. The topological polar surface area (TPSA) is 43.1 Å². The quantitative estimate of drug-likeness (QED) is 0.585. The van der Waals surface area contributed by atoms with Gasteiger partial charge >= 0.3 is 0 Å². The van der Waals surface area contributed by atoms with Gasteiger partial charge in [0.2, 0.25) is 5.91 Å². The molecule has 0 saturated heterocycles. The van der Waals surface area contributed by atoms with Crippen LogP contribution in [0.5, 0.6) is 0 Å². The molecule has 0 radical (unpaired) electrons. The zero-order chi connectivity index (χ0) is 7.98. The molecule has 1 amide bonds. The Morgan fingerprint density at radius 1 is 1.50 bits per heavy atom. The van der Waals surface area contributed by atoms with Crippen LogP contribution in [0.1, 0.15) is 39.5 Å². The summed E-state index contributed by atoms with van der Waals surface area (Å²) in [6.45, 7) is 4.03. The predicted molar refractivity (Wildman–Crippen MR) is 42.5 cm³/mol. The number of nitrogens with two attached hydrogens (primary N) is 1. The minimum atomic E-state index is -0.170. The molecule has 0 saturated carbocycles. The van der Waals surface area contributed by atoms with E-state index in [1.54, 1.807) is 0 Å². The Labute approximate surface area is 62.8 Å². The molecule has 0 aliphatic heterocycles. The normalized spacial score (nSPS) is 13.0. The second-order valence-corrected chi connectivity index (χ2v) is 2.80. The summed E-state index contributed by atoms with van der Waals surface area (Å²) < 4.78 is 0. The van der Waals surface area contributed by atoms with Gasteiger partial charge in [-0.05, 0) is 6.42 Å². The first-order valence-electron chi connectivity index (χ1n) is 3.97.